The Morgan fingerprint density at radius 2 is 1.76 bits per heavy atom. The van der Waals surface area contributed by atoms with E-state index in [2.05, 4.69) is 46.8 Å². The largest absolute Gasteiger partial charge is 0.493 e. The predicted octanol–water partition coefficient (Wildman–Crippen LogP) is 4.20. The summed E-state index contributed by atoms with van der Waals surface area (Å²) in [5.41, 5.74) is 1.73. The number of anilines is 1. The maximum absolute atomic E-state index is 12.3. The van der Waals surface area contributed by atoms with Crippen molar-refractivity contribution in [3.63, 3.8) is 0 Å². The molecule has 0 saturated carbocycles. The van der Waals surface area contributed by atoms with Crippen LogP contribution in [0.5, 0.6) is 11.5 Å². The zero-order chi connectivity index (χ0) is 20.9. The summed E-state index contributed by atoms with van der Waals surface area (Å²) in [6, 6.07) is 15.2. The van der Waals surface area contributed by atoms with E-state index in [1.165, 1.54) is 11.3 Å². The standard InChI is InChI=1S/C21H24N4O3S/c1-21(2,15-8-6-5-7-9-15)18-24-25-20(29-18)23-19(26)22-13-14-10-11-16(27-3)17(12-14)28-4/h5-12H,13H2,1-4H3,(H2,22,23,25,26). The van der Waals surface area contributed by atoms with Crippen LogP contribution in [-0.2, 0) is 12.0 Å². The van der Waals surface area contributed by atoms with Crippen molar-refractivity contribution < 1.29 is 14.3 Å². The molecule has 29 heavy (non-hydrogen) atoms. The van der Waals surface area contributed by atoms with Gasteiger partial charge >= 0.3 is 6.03 Å². The Morgan fingerprint density at radius 1 is 1.03 bits per heavy atom. The molecule has 0 unspecified atom stereocenters. The minimum Gasteiger partial charge on any atom is -0.493 e. The second-order valence-electron chi connectivity index (χ2n) is 6.90. The summed E-state index contributed by atoms with van der Waals surface area (Å²) < 4.78 is 10.5. The van der Waals surface area contributed by atoms with Crippen LogP contribution >= 0.6 is 11.3 Å². The topological polar surface area (TPSA) is 85.4 Å². The molecule has 3 aromatic rings. The number of urea groups is 1. The van der Waals surface area contributed by atoms with Crippen LogP contribution in [0.4, 0.5) is 9.93 Å². The third-order valence-corrected chi connectivity index (χ3v) is 5.74. The summed E-state index contributed by atoms with van der Waals surface area (Å²) in [4.78, 5) is 12.3. The smallest absolute Gasteiger partial charge is 0.321 e. The number of nitrogens with zero attached hydrogens (tertiary/aromatic N) is 2. The normalized spacial score (nSPS) is 11.0. The Labute approximate surface area is 174 Å². The molecule has 0 bridgehead atoms. The molecule has 0 saturated heterocycles. The first kappa shape index (κ1) is 20.6. The van der Waals surface area contributed by atoms with Gasteiger partial charge in [-0.1, -0.05) is 47.7 Å². The van der Waals surface area contributed by atoms with Gasteiger partial charge in [0.2, 0.25) is 5.13 Å². The molecular weight excluding hydrogens is 388 g/mol. The van der Waals surface area contributed by atoms with E-state index >= 15 is 0 Å². The van der Waals surface area contributed by atoms with Crippen LogP contribution < -0.4 is 20.1 Å². The van der Waals surface area contributed by atoms with Gasteiger partial charge in [-0.2, -0.15) is 0 Å². The summed E-state index contributed by atoms with van der Waals surface area (Å²) in [7, 11) is 3.16. The summed E-state index contributed by atoms with van der Waals surface area (Å²) >= 11 is 1.36. The number of hydrogen-bond donors (Lipinski definition) is 2. The highest BCUT2D eigenvalue weighted by Crippen LogP contribution is 2.34. The highest BCUT2D eigenvalue weighted by atomic mass is 32.1. The number of methoxy groups -OCH3 is 2. The monoisotopic (exact) mass is 412 g/mol. The van der Waals surface area contributed by atoms with E-state index in [1.54, 1.807) is 20.3 Å². The van der Waals surface area contributed by atoms with Crippen molar-refractivity contribution in [1.29, 1.82) is 0 Å². The van der Waals surface area contributed by atoms with Crippen molar-refractivity contribution in [2.24, 2.45) is 0 Å². The van der Waals surface area contributed by atoms with Gasteiger partial charge in [-0.15, -0.1) is 10.2 Å². The Morgan fingerprint density at radius 3 is 2.45 bits per heavy atom. The van der Waals surface area contributed by atoms with Crippen LogP contribution in [0.1, 0.15) is 30.0 Å². The molecule has 2 aromatic carbocycles. The molecule has 152 valence electrons. The molecule has 2 N–H and O–H groups in total. The maximum atomic E-state index is 12.3. The van der Waals surface area contributed by atoms with Gasteiger partial charge in [0, 0.05) is 12.0 Å². The number of benzene rings is 2. The second kappa shape index (κ2) is 8.91. The van der Waals surface area contributed by atoms with Gasteiger partial charge in [0.15, 0.2) is 11.5 Å². The zero-order valence-electron chi connectivity index (χ0n) is 16.9. The Balaban J connectivity index is 1.61. The van der Waals surface area contributed by atoms with E-state index in [0.29, 0.717) is 23.2 Å². The molecule has 0 radical (unpaired) electrons. The molecule has 1 heterocycles. The van der Waals surface area contributed by atoms with Crippen molar-refractivity contribution in [2.45, 2.75) is 25.8 Å². The lowest BCUT2D eigenvalue weighted by Gasteiger charge is -2.21. The van der Waals surface area contributed by atoms with E-state index in [-0.39, 0.29) is 11.4 Å². The van der Waals surface area contributed by atoms with E-state index in [4.69, 9.17) is 9.47 Å². The molecule has 8 heteroatoms. The first-order chi connectivity index (χ1) is 13.9. The summed E-state index contributed by atoms with van der Waals surface area (Å²) in [6.45, 7) is 4.51. The minimum absolute atomic E-state index is 0.297. The second-order valence-corrected chi connectivity index (χ2v) is 7.88. The van der Waals surface area contributed by atoms with Crippen LogP contribution in [0, 0.1) is 0 Å². The average molecular weight is 413 g/mol. The number of amides is 2. The van der Waals surface area contributed by atoms with Crippen molar-refractivity contribution in [2.75, 3.05) is 19.5 Å². The minimum atomic E-state index is -0.347. The Bertz CT molecular complexity index is 973. The molecule has 0 aliphatic rings. The third-order valence-electron chi connectivity index (χ3n) is 4.58. The van der Waals surface area contributed by atoms with Gasteiger partial charge in [0.1, 0.15) is 5.01 Å². The lowest BCUT2D eigenvalue weighted by atomic mass is 9.85. The van der Waals surface area contributed by atoms with Crippen molar-refractivity contribution in [1.82, 2.24) is 15.5 Å². The number of hydrogen-bond acceptors (Lipinski definition) is 6. The van der Waals surface area contributed by atoms with Gasteiger partial charge in [-0.3, -0.25) is 5.32 Å². The fourth-order valence-electron chi connectivity index (χ4n) is 2.82. The maximum Gasteiger partial charge on any atom is 0.321 e. The van der Waals surface area contributed by atoms with Gasteiger partial charge in [-0.25, -0.2) is 4.79 Å². The lowest BCUT2D eigenvalue weighted by Crippen LogP contribution is -2.28. The van der Waals surface area contributed by atoms with E-state index in [9.17, 15) is 4.79 Å². The number of ether oxygens (including phenoxy) is 2. The summed E-state index contributed by atoms with van der Waals surface area (Å²) in [5, 5.41) is 15.2. The molecule has 3 rings (SSSR count). The molecule has 7 nitrogen and oxygen atoms in total. The SMILES string of the molecule is COc1ccc(CNC(=O)Nc2nnc(C(C)(C)c3ccccc3)s2)cc1OC. The summed E-state index contributed by atoms with van der Waals surface area (Å²) in [5.74, 6) is 1.26. The first-order valence-electron chi connectivity index (χ1n) is 9.09. The van der Waals surface area contributed by atoms with Crippen molar-refractivity contribution >= 4 is 22.5 Å². The first-order valence-corrected chi connectivity index (χ1v) is 9.91. The van der Waals surface area contributed by atoms with Crippen LogP contribution in [0.25, 0.3) is 0 Å². The van der Waals surface area contributed by atoms with Gasteiger partial charge in [0.25, 0.3) is 0 Å². The average Bonchev–Trinajstić information content (AvgIpc) is 3.22. The molecule has 0 spiro atoms. The van der Waals surface area contributed by atoms with E-state index in [1.807, 2.05) is 30.3 Å². The predicted molar refractivity (Wildman–Crippen MR) is 114 cm³/mol. The van der Waals surface area contributed by atoms with Gasteiger partial charge < -0.3 is 14.8 Å². The van der Waals surface area contributed by atoms with Crippen LogP contribution in [0.3, 0.4) is 0 Å². The summed E-state index contributed by atoms with van der Waals surface area (Å²) in [6.07, 6.45) is 0. The van der Waals surface area contributed by atoms with Gasteiger partial charge in [-0.05, 0) is 37.1 Å². The molecule has 0 aliphatic carbocycles. The Kier molecular flexibility index (Phi) is 6.33. The number of carbonyl (C=O) groups is 1. The van der Waals surface area contributed by atoms with Crippen LogP contribution in [0.15, 0.2) is 48.5 Å². The molecule has 1 aromatic heterocycles. The molecule has 0 aliphatic heterocycles. The zero-order valence-corrected chi connectivity index (χ0v) is 17.7. The van der Waals surface area contributed by atoms with E-state index in [0.717, 1.165) is 16.1 Å². The fraction of sp³-hybridized carbons (Fsp3) is 0.286. The number of aromatic nitrogens is 2. The molecule has 0 fully saturated rings. The van der Waals surface area contributed by atoms with Gasteiger partial charge in [0.05, 0.1) is 14.2 Å². The van der Waals surface area contributed by atoms with Crippen LogP contribution in [0.2, 0.25) is 0 Å². The number of carbonyl (C=O) groups excluding carboxylic acids is 1. The molecule has 0 atom stereocenters. The van der Waals surface area contributed by atoms with Crippen molar-refractivity contribution in [3.05, 3.63) is 64.7 Å². The highest BCUT2D eigenvalue weighted by molar-refractivity contribution is 7.15. The van der Waals surface area contributed by atoms with E-state index < -0.39 is 0 Å². The lowest BCUT2D eigenvalue weighted by molar-refractivity contribution is 0.251. The molecule has 2 amide bonds. The highest BCUT2D eigenvalue weighted by Gasteiger charge is 2.27. The quantitative estimate of drug-likeness (QED) is 0.607. The number of rotatable bonds is 7. The van der Waals surface area contributed by atoms with Crippen LogP contribution in [-0.4, -0.2) is 30.4 Å². The Hall–Kier alpha value is -3.13. The molecular formula is C21H24N4O3S. The van der Waals surface area contributed by atoms with Crippen molar-refractivity contribution in [3.8, 4) is 11.5 Å². The third kappa shape index (κ3) is 4.83. The number of nitrogens with one attached hydrogen (secondary N) is 2. The fourth-order valence-corrected chi connectivity index (χ4v) is 3.68.